The number of carbonyl (C=O) groups is 3. The Kier molecular flexibility index (Phi) is 5.55. The Hall–Kier alpha value is -2.31. The van der Waals surface area contributed by atoms with Gasteiger partial charge in [-0.25, -0.2) is 9.59 Å². The largest absolute Gasteiger partial charge is 0.461 e. The number of rotatable bonds is 6. The van der Waals surface area contributed by atoms with Gasteiger partial charge in [-0.15, -0.1) is 0 Å². The number of hydrogen-bond acceptors (Lipinski definition) is 4. The minimum atomic E-state index is -0.437. The van der Waals surface area contributed by atoms with Gasteiger partial charge in [-0.3, -0.25) is 4.79 Å². The van der Waals surface area contributed by atoms with Gasteiger partial charge in [0.15, 0.2) is 5.78 Å². The molecule has 25 heavy (non-hydrogen) atoms. The van der Waals surface area contributed by atoms with Gasteiger partial charge >= 0.3 is 12.0 Å². The highest BCUT2D eigenvalue weighted by Crippen LogP contribution is 2.29. The summed E-state index contributed by atoms with van der Waals surface area (Å²) in [4.78, 5) is 40.6. The highest BCUT2D eigenvalue weighted by molar-refractivity contribution is 6.04. The van der Waals surface area contributed by atoms with Crippen LogP contribution in [0.3, 0.4) is 0 Å². The van der Waals surface area contributed by atoms with Crippen LogP contribution in [0.1, 0.15) is 51.9 Å². The monoisotopic (exact) mass is 349 g/mol. The molecule has 0 spiro atoms. The van der Waals surface area contributed by atoms with E-state index in [2.05, 4.69) is 0 Å². The second kappa shape index (κ2) is 7.29. The highest BCUT2D eigenvalue weighted by Gasteiger charge is 2.36. The molecule has 1 aliphatic rings. The smallest absolute Gasteiger partial charge is 0.355 e. The van der Waals surface area contributed by atoms with Crippen LogP contribution in [-0.4, -0.2) is 65.4 Å². The zero-order valence-corrected chi connectivity index (χ0v) is 15.9. The van der Waals surface area contributed by atoms with Gasteiger partial charge in [0, 0.05) is 38.4 Å². The Balaban J connectivity index is 2.31. The first kappa shape index (κ1) is 19.0. The molecule has 7 heteroatoms. The number of carbonyl (C=O) groups excluding carboxylic acids is 3. The zero-order valence-electron chi connectivity index (χ0n) is 15.9. The first-order valence-corrected chi connectivity index (χ1v) is 8.54. The molecule has 2 rings (SSSR count). The van der Waals surface area contributed by atoms with Crippen LogP contribution in [0.25, 0.3) is 0 Å². The minimum absolute atomic E-state index is 0.0235. The second-order valence-electron chi connectivity index (χ2n) is 6.67. The van der Waals surface area contributed by atoms with E-state index in [4.69, 9.17) is 4.74 Å². The minimum Gasteiger partial charge on any atom is -0.461 e. The lowest BCUT2D eigenvalue weighted by Gasteiger charge is -2.25. The summed E-state index contributed by atoms with van der Waals surface area (Å²) in [6.45, 7) is 5.60. The molecule has 0 aromatic carbocycles. The summed E-state index contributed by atoms with van der Waals surface area (Å²) in [5.41, 5.74) is 2.21. The van der Waals surface area contributed by atoms with Crippen molar-refractivity contribution in [3.05, 3.63) is 22.5 Å². The first-order valence-electron chi connectivity index (χ1n) is 8.54. The Bertz CT molecular complexity index is 702. The van der Waals surface area contributed by atoms with Crippen LogP contribution >= 0.6 is 0 Å². The second-order valence-corrected chi connectivity index (χ2v) is 6.67. The van der Waals surface area contributed by atoms with Crippen molar-refractivity contribution in [2.45, 2.75) is 39.7 Å². The molecular formula is C18H27N3O4. The molecule has 1 aliphatic carbocycles. The normalized spacial score (nSPS) is 13.5. The fraction of sp³-hybridized carbons (Fsp3) is 0.611. The molecule has 1 fully saturated rings. The number of esters is 1. The SMILES string of the molecule is CCOC(=O)c1c(C)c(C(=O)CN(C(=O)N(C)C)C2CC2)c(C)n1C. The molecule has 0 radical (unpaired) electrons. The van der Waals surface area contributed by atoms with Crippen LogP contribution in [0.15, 0.2) is 0 Å². The van der Waals surface area contributed by atoms with E-state index in [0.717, 1.165) is 12.8 Å². The number of hydrogen-bond donors (Lipinski definition) is 0. The molecule has 2 amide bonds. The Morgan fingerprint density at radius 3 is 2.28 bits per heavy atom. The molecule has 0 N–H and O–H groups in total. The molecule has 1 aromatic heterocycles. The molecule has 0 aliphatic heterocycles. The molecule has 138 valence electrons. The molecule has 0 atom stereocenters. The maximum absolute atomic E-state index is 12.9. The van der Waals surface area contributed by atoms with E-state index in [1.807, 2.05) is 0 Å². The standard InChI is InChI=1S/C18H27N3O4/c1-7-25-17(23)16-11(2)15(12(3)20(16)6)14(22)10-21(13-8-9-13)18(24)19(4)5/h13H,7-10H2,1-6H3. The highest BCUT2D eigenvalue weighted by atomic mass is 16.5. The van der Waals surface area contributed by atoms with E-state index < -0.39 is 5.97 Å². The van der Waals surface area contributed by atoms with Crippen LogP contribution in [0.4, 0.5) is 4.79 Å². The molecule has 1 heterocycles. The van der Waals surface area contributed by atoms with Crippen molar-refractivity contribution in [1.82, 2.24) is 14.4 Å². The predicted molar refractivity (Wildman–Crippen MR) is 94.0 cm³/mol. The van der Waals surface area contributed by atoms with Gasteiger partial charge in [0.05, 0.1) is 13.2 Å². The van der Waals surface area contributed by atoms with Gasteiger partial charge in [0.1, 0.15) is 5.69 Å². The summed E-state index contributed by atoms with van der Waals surface area (Å²) >= 11 is 0. The zero-order chi connectivity index (χ0) is 18.9. The van der Waals surface area contributed by atoms with Crippen molar-refractivity contribution in [3.8, 4) is 0 Å². The van der Waals surface area contributed by atoms with Crippen LogP contribution in [-0.2, 0) is 11.8 Å². The van der Waals surface area contributed by atoms with Crippen molar-refractivity contribution in [2.75, 3.05) is 27.2 Å². The van der Waals surface area contributed by atoms with Gasteiger partial charge in [-0.1, -0.05) is 0 Å². The maximum atomic E-state index is 12.9. The number of amides is 2. The van der Waals surface area contributed by atoms with E-state index >= 15 is 0 Å². The van der Waals surface area contributed by atoms with E-state index in [1.165, 1.54) is 4.90 Å². The quantitative estimate of drug-likeness (QED) is 0.583. The van der Waals surface area contributed by atoms with Gasteiger partial charge < -0.3 is 19.1 Å². The molecule has 7 nitrogen and oxygen atoms in total. The summed E-state index contributed by atoms with van der Waals surface area (Å²) in [5, 5.41) is 0. The van der Waals surface area contributed by atoms with Gasteiger partial charge in [-0.05, 0) is 39.2 Å². The fourth-order valence-electron chi connectivity index (χ4n) is 3.11. The topological polar surface area (TPSA) is 71.8 Å². The van der Waals surface area contributed by atoms with Crippen LogP contribution in [0.2, 0.25) is 0 Å². The van der Waals surface area contributed by atoms with E-state index in [-0.39, 0.29) is 31.0 Å². The van der Waals surface area contributed by atoms with Crippen molar-refractivity contribution in [3.63, 3.8) is 0 Å². The lowest BCUT2D eigenvalue weighted by atomic mass is 10.1. The first-order chi connectivity index (χ1) is 11.7. The summed E-state index contributed by atoms with van der Waals surface area (Å²) in [5.74, 6) is -0.587. The van der Waals surface area contributed by atoms with Gasteiger partial charge in [0.2, 0.25) is 0 Å². The molecule has 1 aromatic rings. The maximum Gasteiger partial charge on any atom is 0.355 e. The molecule has 0 saturated heterocycles. The van der Waals surface area contributed by atoms with Crippen LogP contribution in [0.5, 0.6) is 0 Å². The van der Waals surface area contributed by atoms with Gasteiger partial charge in [0.25, 0.3) is 0 Å². The van der Waals surface area contributed by atoms with Gasteiger partial charge in [-0.2, -0.15) is 0 Å². The Morgan fingerprint density at radius 2 is 1.80 bits per heavy atom. The summed E-state index contributed by atoms with van der Waals surface area (Å²) in [7, 11) is 5.11. The van der Waals surface area contributed by atoms with Crippen molar-refractivity contribution in [2.24, 2.45) is 7.05 Å². The molecular weight excluding hydrogens is 322 g/mol. The number of aromatic nitrogens is 1. The van der Waals surface area contributed by atoms with Crippen molar-refractivity contribution in [1.29, 1.82) is 0 Å². The average molecular weight is 349 g/mol. The number of urea groups is 1. The Morgan fingerprint density at radius 1 is 1.20 bits per heavy atom. The number of nitrogens with zero attached hydrogens (tertiary/aromatic N) is 3. The van der Waals surface area contributed by atoms with Crippen LogP contribution in [0, 0.1) is 13.8 Å². The third-order valence-corrected chi connectivity index (χ3v) is 4.61. The summed E-state index contributed by atoms with van der Waals surface area (Å²) in [6.07, 6.45) is 1.85. The number of Topliss-reactive ketones (excluding diaryl/α,β-unsaturated/α-hetero) is 1. The third-order valence-electron chi connectivity index (χ3n) is 4.61. The third kappa shape index (κ3) is 3.70. The molecule has 1 saturated carbocycles. The Labute approximate surface area is 148 Å². The number of ketones is 1. The average Bonchev–Trinajstić information content (AvgIpc) is 3.33. The molecule has 0 unspecified atom stereocenters. The lowest BCUT2D eigenvalue weighted by Crippen LogP contribution is -2.43. The predicted octanol–water partition coefficient (Wildman–Crippen LogP) is 2.15. The van der Waals surface area contributed by atoms with E-state index in [1.54, 1.807) is 51.4 Å². The fourth-order valence-corrected chi connectivity index (χ4v) is 3.11. The number of ether oxygens (including phenoxy) is 1. The van der Waals surface area contributed by atoms with E-state index in [0.29, 0.717) is 22.5 Å². The lowest BCUT2D eigenvalue weighted by molar-refractivity contribution is 0.0514. The molecule has 0 bridgehead atoms. The van der Waals surface area contributed by atoms with Crippen LogP contribution < -0.4 is 0 Å². The van der Waals surface area contributed by atoms with Crippen molar-refractivity contribution < 1.29 is 19.1 Å². The summed E-state index contributed by atoms with van der Waals surface area (Å²) in [6, 6.07) is -0.0274. The summed E-state index contributed by atoms with van der Waals surface area (Å²) < 4.78 is 6.78. The van der Waals surface area contributed by atoms with Crippen molar-refractivity contribution >= 4 is 17.8 Å². The van der Waals surface area contributed by atoms with E-state index in [9.17, 15) is 14.4 Å².